The van der Waals surface area contributed by atoms with Crippen LogP contribution >= 0.6 is 0 Å². The molecule has 94 valence electrons. The molecule has 0 saturated carbocycles. The molecule has 1 aliphatic heterocycles. The highest BCUT2D eigenvalue weighted by Crippen LogP contribution is 2.16. The van der Waals surface area contributed by atoms with Gasteiger partial charge in [0.2, 0.25) is 0 Å². The molecule has 1 aliphatic rings. The Bertz CT molecular complexity index is 553. The average Bonchev–Trinajstić information content (AvgIpc) is 2.71. The molecular formula is C14H17N3O. The van der Waals surface area contributed by atoms with E-state index in [-0.39, 0.29) is 5.91 Å². The Balaban J connectivity index is 1.93. The predicted octanol–water partition coefficient (Wildman–Crippen LogP) is 2.35. The second-order valence-corrected chi connectivity index (χ2v) is 4.79. The summed E-state index contributed by atoms with van der Waals surface area (Å²) in [5, 5.41) is 0. The van der Waals surface area contributed by atoms with E-state index in [1.54, 1.807) is 6.20 Å². The minimum absolute atomic E-state index is 0.119. The van der Waals surface area contributed by atoms with E-state index in [9.17, 15) is 4.79 Å². The maximum Gasteiger partial charge on any atom is 0.257 e. The molecule has 0 aromatic carbocycles. The lowest BCUT2D eigenvalue weighted by molar-refractivity contribution is 0.0763. The van der Waals surface area contributed by atoms with Gasteiger partial charge in [0.05, 0.1) is 5.56 Å². The molecule has 3 rings (SSSR count). The van der Waals surface area contributed by atoms with Crippen LogP contribution in [0.4, 0.5) is 0 Å². The Morgan fingerprint density at radius 3 is 2.67 bits per heavy atom. The van der Waals surface area contributed by atoms with E-state index in [2.05, 4.69) is 4.98 Å². The van der Waals surface area contributed by atoms with Crippen molar-refractivity contribution >= 4 is 11.6 Å². The Morgan fingerprint density at radius 2 is 1.89 bits per heavy atom. The predicted molar refractivity (Wildman–Crippen MR) is 69.6 cm³/mol. The largest absolute Gasteiger partial charge is 0.339 e. The van der Waals surface area contributed by atoms with Gasteiger partial charge in [-0.05, 0) is 25.0 Å². The van der Waals surface area contributed by atoms with Gasteiger partial charge in [0.1, 0.15) is 5.65 Å². The van der Waals surface area contributed by atoms with Gasteiger partial charge in [0.25, 0.3) is 5.91 Å². The van der Waals surface area contributed by atoms with Crippen molar-refractivity contribution in [3.05, 3.63) is 36.3 Å². The van der Waals surface area contributed by atoms with Crippen LogP contribution in [0.15, 0.2) is 30.7 Å². The quantitative estimate of drug-likeness (QED) is 0.771. The first-order valence-electron chi connectivity index (χ1n) is 6.57. The first-order chi connectivity index (χ1) is 8.86. The average molecular weight is 243 g/mol. The van der Waals surface area contributed by atoms with E-state index in [0.29, 0.717) is 5.56 Å². The van der Waals surface area contributed by atoms with Crippen molar-refractivity contribution in [3.8, 4) is 0 Å². The topological polar surface area (TPSA) is 37.6 Å². The number of carbonyl (C=O) groups excluding carboxylic acids is 1. The lowest BCUT2D eigenvalue weighted by Crippen LogP contribution is -2.32. The van der Waals surface area contributed by atoms with Gasteiger partial charge in [0.15, 0.2) is 0 Å². The van der Waals surface area contributed by atoms with Crippen molar-refractivity contribution in [3.63, 3.8) is 0 Å². The summed E-state index contributed by atoms with van der Waals surface area (Å²) in [6, 6.07) is 3.77. The van der Waals surface area contributed by atoms with E-state index in [1.807, 2.05) is 33.8 Å². The van der Waals surface area contributed by atoms with Crippen LogP contribution in [-0.2, 0) is 0 Å². The second kappa shape index (κ2) is 4.80. The summed E-state index contributed by atoms with van der Waals surface area (Å²) >= 11 is 0. The molecule has 2 aromatic heterocycles. The Labute approximate surface area is 106 Å². The van der Waals surface area contributed by atoms with Crippen LogP contribution in [-0.4, -0.2) is 33.3 Å². The lowest BCUT2D eigenvalue weighted by Gasteiger charge is -2.20. The molecule has 0 radical (unpaired) electrons. The molecule has 4 heteroatoms. The van der Waals surface area contributed by atoms with Crippen LogP contribution in [0.2, 0.25) is 0 Å². The van der Waals surface area contributed by atoms with Gasteiger partial charge in [-0.2, -0.15) is 0 Å². The SMILES string of the molecule is O=C(c1cccn2ccnc12)N1CCCCCC1. The van der Waals surface area contributed by atoms with Gasteiger partial charge in [-0.1, -0.05) is 12.8 Å². The van der Waals surface area contributed by atoms with Crippen LogP contribution in [0, 0.1) is 0 Å². The van der Waals surface area contributed by atoms with Crippen LogP contribution < -0.4 is 0 Å². The fourth-order valence-corrected chi connectivity index (χ4v) is 2.56. The summed E-state index contributed by atoms with van der Waals surface area (Å²) in [5.74, 6) is 0.119. The number of carbonyl (C=O) groups is 1. The summed E-state index contributed by atoms with van der Waals surface area (Å²) in [6.07, 6.45) is 10.2. The molecule has 0 aliphatic carbocycles. The van der Waals surface area contributed by atoms with Crippen LogP contribution in [0.5, 0.6) is 0 Å². The molecule has 1 amide bonds. The first kappa shape index (κ1) is 11.3. The summed E-state index contributed by atoms with van der Waals surface area (Å²) in [5.41, 5.74) is 1.47. The van der Waals surface area contributed by atoms with Crippen molar-refractivity contribution in [2.75, 3.05) is 13.1 Å². The normalized spacial score (nSPS) is 16.8. The molecule has 1 saturated heterocycles. The van der Waals surface area contributed by atoms with Crippen LogP contribution in [0.25, 0.3) is 5.65 Å². The van der Waals surface area contributed by atoms with E-state index in [1.165, 1.54) is 12.8 Å². The van der Waals surface area contributed by atoms with Gasteiger partial charge in [-0.25, -0.2) is 4.98 Å². The van der Waals surface area contributed by atoms with Crippen molar-refractivity contribution in [2.45, 2.75) is 25.7 Å². The molecule has 0 N–H and O–H groups in total. The standard InChI is InChI=1S/C14H17N3O/c18-14(17-8-3-1-2-4-9-17)12-6-5-10-16-11-7-15-13(12)16/h5-7,10-11H,1-4,8-9H2. The number of aromatic nitrogens is 2. The van der Waals surface area contributed by atoms with Gasteiger partial charge < -0.3 is 9.30 Å². The molecule has 4 nitrogen and oxygen atoms in total. The molecule has 0 spiro atoms. The number of likely N-dealkylation sites (tertiary alicyclic amines) is 1. The monoisotopic (exact) mass is 243 g/mol. The molecule has 0 atom stereocenters. The molecular weight excluding hydrogens is 226 g/mol. The number of pyridine rings is 1. The highest BCUT2D eigenvalue weighted by molar-refractivity contribution is 5.99. The minimum Gasteiger partial charge on any atom is -0.339 e. The second-order valence-electron chi connectivity index (χ2n) is 4.79. The zero-order valence-electron chi connectivity index (χ0n) is 10.4. The first-order valence-corrected chi connectivity index (χ1v) is 6.57. The number of amides is 1. The molecule has 1 fully saturated rings. The fourth-order valence-electron chi connectivity index (χ4n) is 2.56. The number of nitrogens with zero attached hydrogens (tertiary/aromatic N) is 3. The molecule has 2 aromatic rings. The maximum atomic E-state index is 12.5. The summed E-state index contributed by atoms with van der Waals surface area (Å²) in [7, 11) is 0. The number of hydrogen-bond donors (Lipinski definition) is 0. The molecule has 0 unspecified atom stereocenters. The van der Waals surface area contributed by atoms with Crippen molar-refractivity contribution in [2.24, 2.45) is 0 Å². The van der Waals surface area contributed by atoms with Crippen molar-refractivity contribution in [1.29, 1.82) is 0 Å². The molecule has 3 heterocycles. The zero-order valence-corrected chi connectivity index (χ0v) is 10.4. The van der Waals surface area contributed by atoms with Crippen molar-refractivity contribution in [1.82, 2.24) is 14.3 Å². The third kappa shape index (κ3) is 1.98. The van der Waals surface area contributed by atoms with Crippen LogP contribution in [0.3, 0.4) is 0 Å². The van der Waals surface area contributed by atoms with Gasteiger partial charge in [0, 0.05) is 31.7 Å². The summed E-state index contributed by atoms with van der Waals surface area (Å²) in [4.78, 5) is 18.8. The summed E-state index contributed by atoms with van der Waals surface area (Å²) in [6.45, 7) is 1.75. The number of hydrogen-bond acceptors (Lipinski definition) is 2. The smallest absolute Gasteiger partial charge is 0.257 e. The Hall–Kier alpha value is -1.84. The maximum absolute atomic E-state index is 12.5. The third-order valence-electron chi connectivity index (χ3n) is 3.54. The van der Waals surface area contributed by atoms with E-state index in [0.717, 1.165) is 31.6 Å². The van der Waals surface area contributed by atoms with Gasteiger partial charge in [-0.3, -0.25) is 4.79 Å². The number of imidazole rings is 1. The Morgan fingerprint density at radius 1 is 1.11 bits per heavy atom. The highest BCUT2D eigenvalue weighted by Gasteiger charge is 2.19. The number of fused-ring (bicyclic) bond motifs is 1. The van der Waals surface area contributed by atoms with E-state index in [4.69, 9.17) is 0 Å². The summed E-state index contributed by atoms with van der Waals surface area (Å²) < 4.78 is 1.89. The fraction of sp³-hybridized carbons (Fsp3) is 0.429. The van der Waals surface area contributed by atoms with E-state index < -0.39 is 0 Å². The van der Waals surface area contributed by atoms with Gasteiger partial charge >= 0.3 is 0 Å². The minimum atomic E-state index is 0.119. The molecule has 18 heavy (non-hydrogen) atoms. The molecule has 0 bridgehead atoms. The highest BCUT2D eigenvalue weighted by atomic mass is 16.2. The van der Waals surface area contributed by atoms with Crippen LogP contribution in [0.1, 0.15) is 36.0 Å². The van der Waals surface area contributed by atoms with E-state index >= 15 is 0 Å². The lowest BCUT2D eigenvalue weighted by atomic mass is 10.2. The Kier molecular flexibility index (Phi) is 3.00. The third-order valence-corrected chi connectivity index (χ3v) is 3.54. The van der Waals surface area contributed by atoms with Crippen molar-refractivity contribution < 1.29 is 4.79 Å². The van der Waals surface area contributed by atoms with Gasteiger partial charge in [-0.15, -0.1) is 0 Å². The zero-order chi connectivity index (χ0) is 12.4. The number of rotatable bonds is 1.